The largest absolute Gasteiger partial charge is 0.350 e. The molecule has 20 heavy (non-hydrogen) atoms. The first-order chi connectivity index (χ1) is 9.70. The van der Waals surface area contributed by atoms with Crippen molar-refractivity contribution in [3.8, 4) is 11.8 Å². The summed E-state index contributed by atoms with van der Waals surface area (Å²) in [5.41, 5.74) is 7.15. The van der Waals surface area contributed by atoms with E-state index in [1.807, 2.05) is 24.3 Å². The van der Waals surface area contributed by atoms with Crippen molar-refractivity contribution in [2.24, 2.45) is 5.73 Å². The fraction of sp³-hybridized carbons (Fsp3) is 0.333. The molecule has 4 N–H and O–H groups in total. The lowest BCUT2D eigenvalue weighted by atomic mass is 10.1. The number of nitrogens with one attached hydrogen (secondary N) is 2. The number of rotatable bonds is 3. The standard InChI is InChI=1S/C15H17N3O2/c16-9-3-6-11-4-1-2-5-12(11)10-17-15(20)13-7-8-14(19)18-13/h1-2,4-5,13H,7-10,16H2,(H,17,20)(H,18,19). The predicted molar refractivity (Wildman–Crippen MR) is 75.4 cm³/mol. The maximum Gasteiger partial charge on any atom is 0.242 e. The van der Waals surface area contributed by atoms with Crippen molar-refractivity contribution in [3.63, 3.8) is 0 Å². The summed E-state index contributed by atoms with van der Waals surface area (Å²) < 4.78 is 0. The van der Waals surface area contributed by atoms with E-state index in [0.29, 0.717) is 25.9 Å². The van der Waals surface area contributed by atoms with E-state index in [4.69, 9.17) is 5.73 Å². The van der Waals surface area contributed by atoms with Crippen LogP contribution in [-0.2, 0) is 16.1 Å². The molecule has 0 saturated carbocycles. The zero-order valence-corrected chi connectivity index (χ0v) is 11.1. The molecular weight excluding hydrogens is 254 g/mol. The maximum atomic E-state index is 11.9. The van der Waals surface area contributed by atoms with Gasteiger partial charge in [0.1, 0.15) is 6.04 Å². The minimum absolute atomic E-state index is 0.0700. The van der Waals surface area contributed by atoms with Crippen molar-refractivity contribution in [1.82, 2.24) is 10.6 Å². The Morgan fingerprint density at radius 3 is 2.95 bits per heavy atom. The Balaban J connectivity index is 1.97. The molecule has 1 aromatic carbocycles. The van der Waals surface area contributed by atoms with Crippen molar-refractivity contribution < 1.29 is 9.59 Å². The zero-order chi connectivity index (χ0) is 14.4. The third kappa shape index (κ3) is 3.59. The number of hydrogen-bond donors (Lipinski definition) is 3. The van der Waals surface area contributed by atoms with Gasteiger partial charge in [0.05, 0.1) is 6.54 Å². The Hall–Kier alpha value is -2.32. The van der Waals surface area contributed by atoms with Gasteiger partial charge in [0.25, 0.3) is 0 Å². The highest BCUT2D eigenvalue weighted by molar-refractivity contribution is 5.90. The molecule has 1 aliphatic rings. The van der Waals surface area contributed by atoms with Crippen LogP contribution >= 0.6 is 0 Å². The Morgan fingerprint density at radius 2 is 2.25 bits per heavy atom. The normalized spacial score (nSPS) is 17.1. The summed E-state index contributed by atoms with van der Waals surface area (Å²) in [6.07, 6.45) is 0.968. The summed E-state index contributed by atoms with van der Waals surface area (Å²) >= 11 is 0. The molecule has 0 aliphatic carbocycles. The fourth-order valence-corrected chi connectivity index (χ4v) is 2.06. The van der Waals surface area contributed by atoms with Gasteiger partial charge in [-0.2, -0.15) is 0 Å². The van der Waals surface area contributed by atoms with Crippen LogP contribution in [-0.4, -0.2) is 24.4 Å². The quantitative estimate of drug-likeness (QED) is 0.671. The van der Waals surface area contributed by atoms with E-state index in [0.717, 1.165) is 11.1 Å². The lowest BCUT2D eigenvalue weighted by molar-refractivity contribution is -0.125. The molecule has 1 unspecified atom stereocenters. The molecule has 1 aromatic rings. The zero-order valence-electron chi connectivity index (χ0n) is 11.1. The van der Waals surface area contributed by atoms with Crippen LogP contribution in [0.1, 0.15) is 24.0 Å². The Labute approximate surface area is 117 Å². The minimum atomic E-state index is -0.412. The number of amides is 2. The van der Waals surface area contributed by atoms with Crippen molar-refractivity contribution in [2.75, 3.05) is 6.54 Å². The Bertz CT molecular complexity index is 572. The molecule has 1 fully saturated rings. The van der Waals surface area contributed by atoms with Crippen LogP contribution < -0.4 is 16.4 Å². The molecule has 0 spiro atoms. The van der Waals surface area contributed by atoms with Gasteiger partial charge in [-0.15, -0.1) is 0 Å². The lowest BCUT2D eigenvalue weighted by Crippen LogP contribution is -2.41. The number of nitrogens with two attached hydrogens (primary N) is 1. The first kappa shape index (κ1) is 14.1. The van der Waals surface area contributed by atoms with Gasteiger partial charge in [0.15, 0.2) is 0 Å². The van der Waals surface area contributed by atoms with Crippen LogP contribution in [0.2, 0.25) is 0 Å². The van der Waals surface area contributed by atoms with Gasteiger partial charge in [-0.3, -0.25) is 9.59 Å². The number of carbonyl (C=O) groups is 2. The van der Waals surface area contributed by atoms with E-state index in [1.165, 1.54) is 0 Å². The van der Waals surface area contributed by atoms with Crippen molar-refractivity contribution in [1.29, 1.82) is 0 Å². The fourth-order valence-electron chi connectivity index (χ4n) is 2.06. The van der Waals surface area contributed by atoms with E-state index in [2.05, 4.69) is 22.5 Å². The monoisotopic (exact) mass is 271 g/mol. The lowest BCUT2D eigenvalue weighted by Gasteiger charge is -2.11. The summed E-state index contributed by atoms with van der Waals surface area (Å²) in [4.78, 5) is 23.0. The van der Waals surface area contributed by atoms with Gasteiger partial charge in [-0.25, -0.2) is 0 Å². The molecule has 0 aromatic heterocycles. The van der Waals surface area contributed by atoms with Crippen molar-refractivity contribution >= 4 is 11.8 Å². The van der Waals surface area contributed by atoms with Crippen LogP contribution in [0.4, 0.5) is 0 Å². The third-order valence-electron chi connectivity index (χ3n) is 3.11. The van der Waals surface area contributed by atoms with Gasteiger partial charge < -0.3 is 16.4 Å². The smallest absolute Gasteiger partial charge is 0.242 e. The molecule has 5 heteroatoms. The highest BCUT2D eigenvalue weighted by atomic mass is 16.2. The summed E-state index contributed by atoms with van der Waals surface area (Å²) in [5, 5.41) is 5.47. The van der Waals surface area contributed by atoms with E-state index in [9.17, 15) is 9.59 Å². The highest BCUT2D eigenvalue weighted by Gasteiger charge is 2.26. The van der Waals surface area contributed by atoms with Crippen LogP contribution in [0.15, 0.2) is 24.3 Å². The molecule has 0 radical (unpaired) electrons. The summed E-state index contributed by atoms with van der Waals surface area (Å²) in [6, 6.07) is 7.18. The number of carbonyl (C=O) groups excluding carboxylic acids is 2. The first-order valence-electron chi connectivity index (χ1n) is 6.54. The maximum absolute atomic E-state index is 11.9. The van der Waals surface area contributed by atoms with Gasteiger partial charge >= 0.3 is 0 Å². The third-order valence-corrected chi connectivity index (χ3v) is 3.11. The van der Waals surface area contributed by atoms with Gasteiger partial charge in [-0.05, 0) is 18.1 Å². The molecule has 1 heterocycles. The molecule has 0 bridgehead atoms. The summed E-state index contributed by atoms with van der Waals surface area (Å²) in [7, 11) is 0. The second-order valence-electron chi connectivity index (χ2n) is 4.54. The van der Waals surface area contributed by atoms with Gasteiger partial charge in [0, 0.05) is 18.5 Å². The number of benzene rings is 1. The summed E-state index contributed by atoms with van der Waals surface area (Å²) in [5.74, 6) is 5.55. The topological polar surface area (TPSA) is 84.2 Å². The van der Waals surface area contributed by atoms with Crippen LogP contribution in [0, 0.1) is 11.8 Å². The van der Waals surface area contributed by atoms with Crippen LogP contribution in [0.25, 0.3) is 0 Å². The molecule has 1 aliphatic heterocycles. The van der Waals surface area contributed by atoms with Crippen molar-refractivity contribution in [3.05, 3.63) is 35.4 Å². The molecule has 1 saturated heterocycles. The highest BCUT2D eigenvalue weighted by Crippen LogP contribution is 2.09. The van der Waals surface area contributed by atoms with E-state index in [1.54, 1.807) is 0 Å². The second-order valence-corrected chi connectivity index (χ2v) is 4.54. The average Bonchev–Trinajstić information content (AvgIpc) is 2.90. The van der Waals surface area contributed by atoms with Crippen LogP contribution in [0.3, 0.4) is 0 Å². The van der Waals surface area contributed by atoms with E-state index < -0.39 is 6.04 Å². The second kappa shape index (κ2) is 6.73. The van der Waals surface area contributed by atoms with Gasteiger partial charge in [0.2, 0.25) is 11.8 Å². The average molecular weight is 271 g/mol. The molecule has 1 atom stereocenters. The van der Waals surface area contributed by atoms with E-state index in [-0.39, 0.29) is 11.8 Å². The molecule has 5 nitrogen and oxygen atoms in total. The minimum Gasteiger partial charge on any atom is -0.350 e. The van der Waals surface area contributed by atoms with Gasteiger partial charge in [-0.1, -0.05) is 30.0 Å². The Kier molecular flexibility index (Phi) is 4.75. The predicted octanol–water partition coefficient (Wildman–Crippen LogP) is -0.108. The molecular formula is C15H17N3O2. The molecule has 104 valence electrons. The first-order valence-corrected chi connectivity index (χ1v) is 6.54. The SMILES string of the molecule is NCC#Cc1ccccc1CNC(=O)C1CCC(=O)N1. The molecule has 2 amide bonds. The summed E-state index contributed by atoms with van der Waals surface area (Å²) in [6.45, 7) is 0.690. The number of hydrogen-bond acceptors (Lipinski definition) is 3. The molecule has 2 rings (SSSR count). The van der Waals surface area contributed by atoms with Crippen molar-refractivity contribution in [2.45, 2.75) is 25.4 Å². The van der Waals surface area contributed by atoms with E-state index >= 15 is 0 Å². The Morgan fingerprint density at radius 1 is 1.45 bits per heavy atom. The van der Waals surface area contributed by atoms with Crippen LogP contribution in [0.5, 0.6) is 0 Å².